The maximum absolute atomic E-state index is 6.01. The average molecular weight is 409 g/mol. The summed E-state index contributed by atoms with van der Waals surface area (Å²) in [5, 5.41) is 4.44. The summed E-state index contributed by atoms with van der Waals surface area (Å²) >= 11 is 1.98. The van der Waals surface area contributed by atoms with Crippen molar-refractivity contribution >= 4 is 41.7 Å². The summed E-state index contributed by atoms with van der Waals surface area (Å²) < 4.78 is 2.04. The molecule has 2 N–H and O–H groups in total. The lowest BCUT2D eigenvalue weighted by Crippen LogP contribution is -2.42. The van der Waals surface area contributed by atoms with Crippen molar-refractivity contribution in [2.75, 3.05) is 31.1 Å². The largest absolute Gasteiger partial charge is 0.370 e. The van der Waals surface area contributed by atoms with Gasteiger partial charge >= 0.3 is 0 Å². The first-order chi connectivity index (χ1) is 9.16. The first-order valence-electron chi connectivity index (χ1n) is 6.80. The van der Waals surface area contributed by atoms with Crippen LogP contribution in [-0.2, 0) is 6.54 Å². The molecule has 5 nitrogen and oxygen atoms in total. The van der Waals surface area contributed by atoms with Crippen molar-refractivity contribution in [2.45, 2.75) is 26.8 Å². The highest BCUT2D eigenvalue weighted by Crippen LogP contribution is 2.08. The van der Waals surface area contributed by atoms with Gasteiger partial charge in [0.25, 0.3) is 0 Å². The molecule has 0 radical (unpaired) electrons. The van der Waals surface area contributed by atoms with Crippen molar-refractivity contribution in [3.05, 3.63) is 17.5 Å². The van der Waals surface area contributed by atoms with Gasteiger partial charge in [0.2, 0.25) is 0 Å². The molecule has 0 spiro atoms. The molecule has 1 aliphatic rings. The van der Waals surface area contributed by atoms with Crippen LogP contribution < -0.4 is 5.73 Å². The maximum atomic E-state index is 6.01. The van der Waals surface area contributed by atoms with Gasteiger partial charge in [0.15, 0.2) is 5.96 Å². The average Bonchev–Trinajstić information content (AvgIpc) is 2.74. The molecule has 20 heavy (non-hydrogen) atoms. The van der Waals surface area contributed by atoms with Crippen LogP contribution in [0.15, 0.2) is 11.1 Å². The van der Waals surface area contributed by atoms with Gasteiger partial charge in [0.1, 0.15) is 0 Å². The zero-order valence-corrected chi connectivity index (χ0v) is 15.4. The lowest BCUT2D eigenvalue weighted by Gasteiger charge is -2.27. The van der Waals surface area contributed by atoms with E-state index in [0.717, 1.165) is 49.8 Å². The third kappa shape index (κ3) is 5.16. The predicted molar refractivity (Wildman–Crippen MR) is 97.1 cm³/mol. The standard InChI is InChI=1S/C13H23N5S.HI/c1-11-10-12(2)18(16-11)5-3-4-15-13(14)17-6-8-19-9-7-17;/h10H,3-9H2,1-2H3,(H2,14,15);1H. The van der Waals surface area contributed by atoms with E-state index in [9.17, 15) is 0 Å². The molecule has 114 valence electrons. The highest BCUT2D eigenvalue weighted by Gasteiger charge is 2.11. The van der Waals surface area contributed by atoms with Gasteiger partial charge in [-0.3, -0.25) is 9.67 Å². The molecule has 1 fully saturated rings. The Morgan fingerprint density at radius 3 is 2.70 bits per heavy atom. The minimum absolute atomic E-state index is 0. The second kappa shape index (κ2) is 8.76. The number of rotatable bonds is 4. The molecule has 0 aliphatic carbocycles. The van der Waals surface area contributed by atoms with Crippen molar-refractivity contribution in [2.24, 2.45) is 10.7 Å². The van der Waals surface area contributed by atoms with Gasteiger partial charge in [-0.25, -0.2) is 0 Å². The second-order valence-corrected chi connectivity index (χ2v) is 6.07. The molecular weight excluding hydrogens is 385 g/mol. The molecule has 0 atom stereocenters. The van der Waals surface area contributed by atoms with E-state index in [1.165, 1.54) is 5.69 Å². The van der Waals surface area contributed by atoms with Crippen LogP contribution in [0.5, 0.6) is 0 Å². The Labute approximate surface area is 142 Å². The minimum Gasteiger partial charge on any atom is -0.370 e. The van der Waals surface area contributed by atoms with Crippen LogP contribution in [0.3, 0.4) is 0 Å². The molecule has 0 aromatic carbocycles. The molecule has 0 bridgehead atoms. The predicted octanol–water partition coefficient (Wildman–Crippen LogP) is 1.87. The number of aromatic nitrogens is 2. The summed E-state index contributed by atoms with van der Waals surface area (Å²) in [6.45, 7) is 7.84. The molecular formula is C13H24IN5S. The number of nitrogens with zero attached hydrogens (tertiary/aromatic N) is 4. The van der Waals surface area contributed by atoms with Crippen molar-refractivity contribution in [1.82, 2.24) is 14.7 Å². The number of hydrogen-bond acceptors (Lipinski definition) is 3. The Morgan fingerprint density at radius 2 is 2.10 bits per heavy atom. The van der Waals surface area contributed by atoms with Gasteiger partial charge in [0.05, 0.1) is 5.69 Å². The quantitative estimate of drug-likeness (QED) is 0.357. The number of aliphatic imine (C=N–C) groups is 1. The number of nitrogens with two attached hydrogens (primary N) is 1. The lowest BCUT2D eigenvalue weighted by atomic mass is 10.4. The van der Waals surface area contributed by atoms with Crippen LogP contribution in [0.2, 0.25) is 0 Å². The van der Waals surface area contributed by atoms with Crippen LogP contribution in [-0.4, -0.2) is 51.8 Å². The molecule has 0 unspecified atom stereocenters. The van der Waals surface area contributed by atoms with E-state index in [1.807, 2.05) is 23.4 Å². The first kappa shape index (κ1) is 17.6. The van der Waals surface area contributed by atoms with Crippen LogP contribution in [0.4, 0.5) is 0 Å². The second-order valence-electron chi connectivity index (χ2n) is 4.84. The number of aryl methyl sites for hydroxylation is 3. The van der Waals surface area contributed by atoms with Gasteiger partial charge in [0, 0.05) is 43.4 Å². The van der Waals surface area contributed by atoms with E-state index in [4.69, 9.17) is 5.73 Å². The maximum Gasteiger partial charge on any atom is 0.191 e. The summed E-state index contributed by atoms with van der Waals surface area (Å²) in [5.74, 6) is 3.01. The first-order valence-corrected chi connectivity index (χ1v) is 7.96. The number of guanidine groups is 1. The number of hydrogen-bond donors (Lipinski definition) is 1. The molecule has 2 rings (SSSR count). The van der Waals surface area contributed by atoms with Crippen LogP contribution in [0.1, 0.15) is 17.8 Å². The molecule has 7 heteroatoms. The topological polar surface area (TPSA) is 59.4 Å². The van der Waals surface area contributed by atoms with E-state index in [0.29, 0.717) is 5.96 Å². The number of halogens is 1. The highest BCUT2D eigenvalue weighted by atomic mass is 127. The van der Waals surface area contributed by atoms with E-state index >= 15 is 0 Å². The van der Waals surface area contributed by atoms with Crippen molar-refractivity contribution in [3.63, 3.8) is 0 Å². The highest BCUT2D eigenvalue weighted by molar-refractivity contribution is 14.0. The Bertz CT molecular complexity index is 440. The molecule has 1 aliphatic heterocycles. The Kier molecular flexibility index (Phi) is 7.71. The van der Waals surface area contributed by atoms with E-state index in [1.54, 1.807) is 0 Å². The molecule has 1 aromatic rings. The van der Waals surface area contributed by atoms with E-state index < -0.39 is 0 Å². The van der Waals surface area contributed by atoms with Crippen LogP contribution in [0, 0.1) is 13.8 Å². The summed E-state index contributed by atoms with van der Waals surface area (Å²) in [5.41, 5.74) is 8.29. The van der Waals surface area contributed by atoms with E-state index in [2.05, 4.69) is 28.0 Å². The molecule has 1 aromatic heterocycles. The van der Waals surface area contributed by atoms with Crippen LogP contribution in [0.25, 0.3) is 0 Å². The molecule has 0 saturated carbocycles. The number of thioether (sulfide) groups is 1. The van der Waals surface area contributed by atoms with Gasteiger partial charge in [-0.05, 0) is 26.3 Å². The SMILES string of the molecule is Cc1cc(C)n(CCCN=C(N)N2CCSCC2)n1.I. The Morgan fingerprint density at radius 1 is 1.40 bits per heavy atom. The fourth-order valence-corrected chi connectivity index (χ4v) is 3.11. The molecule has 0 amide bonds. The van der Waals surface area contributed by atoms with E-state index in [-0.39, 0.29) is 24.0 Å². The summed E-state index contributed by atoms with van der Waals surface area (Å²) in [6, 6.07) is 2.10. The normalized spacial score (nSPS) is 16.1. The lowest BCUT2D eigenvalue weighted by molar-refractivity contribution is 0.454. The zero-order valence-electron chi connectivity index (χ0n) is 12.2. The third-order valence-corrected chi connectivity index (χ3v) is 4.18. The van der Waals surface area contributed by atoms with Crippen molar-refractivity contribution < 1.29 is 0 Å². The Balaban J connectivity index is 0.00000200. The van der Waals surface area contributed by atoms with Crippen molar-refractivity contribution in [3.8, 4) is 0 Å². The summed E-state index contributed by atoms with van der Waals surface area (Å²) in [4.78, 5) is 6.65. The molecule has 1 saturated heterocycles. The van der Waals surface area contributed by atoms with Gasteiger partial charge < -0.3 is 10.6 Å². The summed E-state index contributed by atoms with van der Waals surface area (Å²) in [7, 11) is 0. The Hall–Kier alpha value is -0.440. The smallest absolute Gasteiger partial charge is 0.191 e. The van der Waals surface area contributed by atoms with Gasteiger partial charge in [-0.1, -0.05) is 0 Å². The van der Waals surface area contributed by atoms with Crippen LogP contribution >= 0.6 is 35.7 Å². The van der Waals surface area contributed by atoms with Gasteiger partial charge in [-0.2, -0.15) is 16.9 Å². The molecule has 2 heterocycles. The summed E-state index contributed by atoms with van der Waals surface area (Å²) in [6.07, 6.45) is 0.977. The fraction of sp³-hybridized carbons (Fsp3) is 0.692. The third-order valence-electron chi connectivity index (χ3n) is 3.24. The minimum atomic E-state index is 0. The van der Waals surface area contributed by atoms with Gasteiger partial charge in [-0.15, -0.1) is 24.0 Å². The van der Waals surface area contributed by atoms with Crippen molar-refractivity contribution in [1.29, 1.82) is 0 Å². The fourth-order valence-electron chi connectivity index (χ4n) is 2.21. The zero-order chi connectivity index (χ0) is 13.7. The monoisotopic (exact) mass is 409 g/mol.